The van der Waals surface area contributed by atoms with Crippen LogP contribution < -0.4 is 11.1 Å². The highest BCUT2D eigenvalue weighted by molar-refractivity contribution is 7.09. The number of nitrogens with two attached hydrogens (primary N) is 1. The Bertz CT molecular complexity index is 349. The first kappa shape index (κ1) is 13.1. The van der Waals surface area contributed by atoms with Crippen LogP contribution in [0.15, 0.2) is 5.38 Å². The molecule has 16 heavy (non-hydrogen) atoms. The lowest BCUT2D eigenvalue weighted by Crippen LogP contribution is -2.43. The molecule has 1 unspecified atom stereocenters. The molecule has 1 aromatic rings. The Balaban J connectivity index is 2.42. The molecule has 0 saturated heterocycles. The van der Waals surface area contributed by atoms with Crippen LogP contribution in [0.3, 0.4) is 0 Å². The van der Waals surface area contributed by atoms with Gasteiger partial charge in [0.2, 0.25) is 5.91 Å². The van der Waals surface area contributed by atoms with Crippen molar-refractivity contribution in [1.82, 2.24) is 10.3 Å². The molecule has 4 nitrogen and oxygen atoms in total. The normalized spacial score (nSPS) is 12.8. The Morgan fingerprint density at radius 1 is 1.62 bits per heavy atom. The van der Waals surface area contributed by atoms with E-state index in [1.165, 1.54) is 0 Å². The summed E-state index contributed by atoms with van der Waals surface area (Å²) in [4.78, 5) is 15.9. The molecule has 1 heterocycles. The second kappa shape index (κ2) is 5.96. The molecular formula is C11H19N3OS. The number of hydrogen-bond donors (Lipinski definition) is 2. The van der Waals surface area contributed by atoms with E-state index in [2.05, 4.69) is 17.2 Å². The summed E-state index contributed by atoms with van der Waals surface area (Å²) in [6, 6.07) is -0.440. The summed E-state index contributed by atoms with van der Waals surface area (Å²) in [5.74, 6) is 0.0442. The maximum absolute atomic E-state index is 11.6. The molecule has 5 heteroatoms. The third-order valence-electron chi connectivity index (χ3n) is 2.37. The number of aryl methyl sites for hydroxylation is 1. The van der Waals surface area contributed by atoms with Crippen molar-refractivity contribution in [1.29, 1.82) is 0 Å². The Labute approximate surface area is 100 Å². The van der Waals surface area contributed by atoms with E-state index >= 15 is 0 Å². The second-order valence-corrected chi connectivity index (χ2v) is 5.02. The zero-order valence-electron chi connectivity index (χ0n) is 9.99. The third kappa shape index (κ3) is 3.57. The van der Waals surface area contributed by atoms with E-state index in [9.17, 15) is 4.79 Å². The van der Waals surface area contributed by atoms with Crippen molar-refractivity contribution in [3.8, 4) is 0 Å². The quantitative estimate of drug-likeness (QED) is 0.816. The van der Waals surface area contributed by atoms with Crippen LogP contribution in [-0.2, 0) is 17.8 Å². The molecule has 0 aliphatic heterocycles. The summed E-state index contributed by atoms with van der Waals surface area (Å²) in [5.41, 5.74) is 6.63. The maximum Gasteiger partial charge on any atom is 0.237 e. The molecule has 0 bridgehead atoms. The molecule has 0 radical (unpaired) electrons. The van der Waals surface area contributed by atoms with Crippen LogP contribution in [-0.4, -0.2) is 16.9 Å². The second-order valence-electron chi connectivity index (χ2n) is 4.07. The van der Waals surface area contributed by atoms with Gasteiger partial charge in [-0.05, 0) is 12.3 Å². The number of nitrogens with zero attached hydrogens (tertiary/aromatic N) is 1. The smallest absolute Gasteiger partial charge is 0.237 e. The fourth-order valence-corrected chi connectivity index (χ4v) is 1.94. The highest BCUT2D eigenvalue weighted by atomic mass is 32.1. The van der Waals surface area contributed by atoms with E-state index in [-0.39, 0.29) is 11.8 Å². The van der Waals surface area contributed by atoms with E-state index in [0.717, 1.165) is 17.1 Å². The first-order chi connectivity index (χ1) is 7.54. The van der Waals surface area contributed by atoms with E-state index in [4.69, 9.17) is 5.73 Å². The maximum atomic E-state index is 11.6. The average Bonchev–Trinajstić information content (AvgIpc) is 2.72. The monoisotopic (exact) mass is 241 g/mol. The van der Waals surface area contributed by atoms with Crippen LogP contribution in [0, 0.1) is 5.92 Å². The average molecular weight is 241 g/mol. The summed E-state index contributed by atoms with van der Waals surface area (Å²) in [6.45, 7) is 6.40. The standard InChI is InChI=1S/C11H19N3OS/c1-4-9-14-8(6-16-9)5-13-11(15)10(12)7(2)3/h6-7,10H,4-5,12H2,1-3H3,(H,13,15). The first-order valence-electron chi connectivity index (χ1n) is 5.51. The molecule has 0 saturated carbocycles. The van der Waals surface area contributed by atoms with Crippen LogP contribution in [0.25, 0.3) is 0 Å². The summed E-state index contributed by atoms with van der Waals surface area (Å²) >= 11 is 1.62. The highest BCUT2D eigenvalue weighted by Crippen LogP contribution is 2.09. The van der Waals surface area contributed by atoms with E-state index in [1.54, 1.807) is 11.3 Å². The summed E-state index contributed by atoms with van der Waals surface area (Å²) in [7, 11) is 0. The van der Waals surface area contributed by atoms with Gasteiger partial charge in [0.15, 0.2) is 0 Å². The highest BCUT2D eigenvalue weighted by Gasteiger charge is 2.16. The van der Waals surface area contributed by atoms with Gasteiger partial charge in [-0.2, -0.15) is 0 Å². The van der Waals surface area contributed by atoms with Gasteiger partial charge in [-0.3, -0.25) is 4.79 Å². The van der Waals surface area contributed by atoms with Crippen LogP contribution in [0.2, 0.25) is 0 Å². The number of rotatable bonds is 5. The Morgan fingerprint density at radius 3 is 2.81 bits per heavy atom. The number of carbonyl (C=O) groups excluding carboxylic acids is 1. The molecule has 0 aliphatic carbocycles. The van der Waals surface area contributed by atoms with Gasteiger partial charge in [0.05, 0.1) is 23.3 Å². The summed E-state index contributed by atoms with van der Waals surface area (Å²) < 4.78 is 0. The van der Waals surface area contributed by atoms with Gasteiger partial charge < -0.3 is 11.1 Å². The molecular weight excluding hydrogens is 222 g/mol. The van der Waals surface area contributed by atoms with Crippen molar-refractivity contribution >= 4 is 17.2 Å². The molecule has 3 N–H and O–H groups in total. The number of nitrogens with one attached hydrogen (secondary N) is 1. The minimum Gasteiger partial charge on any atom is -0.349 e. The molecule has 90 valence electrons. The predicted octanol–water partition coefficient (Wildman–Crippen LogP) is 1.30. The number of hydrogen-bond acceptors (Lipinski definition) is 4. The fourth-order valence-electron chi connectivity index (χ4n) is 1.19. The Kier molecular flexibility index (Phi) is 4.89. The molecule has 1 rings (SSSR count). The molecule has 0 spiro atoms. The first-order valence-corrected chi connectivity index (χ1v) is 6.39. The number of aromatic nitrogens is 1. The SMILES string of the molecule is CCc1nc(CNC(=O)C(N)C(C)C)cs1. The fraction of sp³-hybridized carbons (Fsp3) is 0.636. The number of amides is 1. The van der Waals surface area contributed by atoms with E-state index in [0.29, 0.717) is 6.54 Å². The molecule has 1 amide bonds. The zero-order valence-corrected chi connectivity index (χ0v) is 10.8. The van der Waals surface area contributed by atoms with E-state index in [1.807, 2.05) is 19.2 Å². The minimum atomic E-state index is -0.440. The number of carbonyl (C=O) groups is 1. The summed E-state index contributed by atoms with van der Waals surface area (Å²) in [6.07, 6.45) is 0.935. The largest absolute Gasteiger partial charge is 0.349 e. The van der Waals surface area contributed by atoms with Gasteiger partial charge in [0, 0.05) is 5.38 Å². The molecule has 0 fully saturated rings. The lowest BCUT2D eigenvalue weighted by Gasteiger charge is -2.14. The van der Waals surface area contributed by atoms with Gasteiger partial charge in [-0.15, -0.1) is 11.3 Å². The predicted molar refractivity (Wildman–Crippen MR) is 66.2 cm³/mol. The van der Waals surface area contributed by atoms with Crippen LogP contribution in [0.1, 0.15) is 31.5 Å². The van der Waals surface area contributed by atoms with Crippen LogP contribution in [0.5, 0.6) is 0 Å². The van der Waals surface area contributed by atoms with Gasteiger partial charge in [-0.25, -0.2) is 4.98 Å². The van der Waals surface area contributed by atoms with Gasteiger partial charge in [0.1, 0.15) is 0 Å². The van der Waals surface area contributed by atoms with Crippen molar-refractivity contribution in [3.63, 3.8) is 0 Å². The Hall–Kier alpha value is -0.940. The van der Waals surface area contributed by atoms with E-state index < -0.39 is 6.04 Å². The lowest BCUT2D eigenvalue weighted by atomic mass is 10.1. The van der Waals surface area contributed by atoms with Crippen molar-refractivity contribution in [2.75, 3.05) is 0 Å². The van der Waals surface area contributed by atoms with Crippen molar-refractivity contribution in [3.05, 3.63) is 16.1 Å². The summed E-state index contributed by atoms with van der Waals surface area (Å²) in [5, 5.41) is 5.86. The molecule has 0 aliphatic rings. The van der Waals surface area contributed by atoms with Crippen molar-refractivity contribution < 1.29 is 4.79 Å². The molecule has 1 aromatic heterocycles. The van der Waals surface area contributed by atoms with Gasteiger partial charge in [-0.1, -0.05) is 20.8 Å². The molecule has 1 atom stereocenters. The topological polar surface area (TPSA) is 68.0 Å². The number of thiazole rings is 1. The molecule has 0 aromatic carbocycles. The zero-order chi connectivity index (χ0) is 12.1. The van der Waals surface area contributed by atoms with Crippen molar-refractivity contribution in [2.45, 2.75) is 39.8 Å². The third-order valence-corrected chi connectivity index (χ3v) is 3.41. The Morgan fingerprint density at radius 2 is 2.31 bits per heavy atom. The van der Waals surface area contributed by atoms with Gasteiger partial charge >= 0.3 is 0 Å². The minimum absolute atomic E-state index is 0.110. The van der Waals surface area contributed by atoms with Crippen LogP contribution in [0.4, 0.5) is 0 Å². The van der Waals surface area contributed by atoms with Gasteiger partial charge in [0.25, 0.3) is 0 Å². The van der Waals surface area contributed by atoms with Crippen LogP contribution >= 0.6 is 11.3 Å². The lowest BCUT2D eigenvalue weighted by molar-refractivity contribution is -0.123. The van der Waals surface area contributed by atoms with Crippen molar-refractivity contribution in [2.24, 2.45) is 11.7 Å².